The van der Waals surface area contributed by atoms with E-state index in [0.717, 1.165) is 21.9 Å². The van der Waals surface area contributed by atoms with Crippen LogP contribution in [0.15, 0.2) is 47.0 Å². The maximum Gasteiger partial charge on any atom is 0.309 e. The maximum absolute atomic E-state index is 11.7. The quantitative estimate of drug-likeness (QED) is 0.806. The Morgan fingerprint density at radius 2 is 2.09 bits per heavy atom. The summed E-state index contributed by atoms with van der Waals surface area (Å²) in [5, 5.41) is 5.25. The number of carbonyl (C=O) groups excluding carboxylic acids is 2. The van der Waals surface area contributed by atoms with Gasteiger partial charge in [0.25, 0.3) is 0 Å². The van der Waals surface area contributed by atoms with Crippen LogP contribution >= 0.6 is 11.8 Å². The summed E-state index contributed by atoms with van der Waals surface area (Å²) in [7, 11) is 0. The van der Waals surface area contributed by atoms with Crippen LogP contribution in [0, 0.1) is 0 Å². The summed E-state index contributed by atoms with van der Waals surface area (Å²) in [6, 6.07) is 5.61. The summed E-state index contributed by atoms with van der Waals surface area (Å²) in [6.45, 7) is 2.78. The number of carbonyl (C=O) groups is 2. The van der Waals surface area contributed by atoms with Crippen LogP contribution in [0.1, 0.15) is 12.6 Å². The molecule has 0 aromatic carbocycles. The first-order chi connectivity index (χ1) is 10.7. The molecule has 0 radical (unpaired) electrons. The molecule has 1 aromatic heterocycles. The second kappa shape index (κ2) is 8.38. The van der Waals surface area contributed by atoms with Gasteiger partial charge in [-0.25, -0.2) is 0 Å². The monoisotopic (exact) mass is 317 g/mol. The first-order valence-electron chi connectivity index (χ1n) is 7.12. The lowest BCUT2D eigenvalue weighted by atomic mass is 10.2. The normalized spacial score (nSPS) is 13.9. The molecule has 1 aliphatic rings. The van der Waals surface area contributed by atoms with E-state index in [1.807, 2.05) is 31.2 Å². The number of nitrogens with zero attached hydrogens (tertiary/aromatic N) is 1. The van der Waals surface area contributed by atoms with Crippen molar-refractivity contribution < 1.29 is 9.59 Å². The first kappa shape index (κ1) is 16.3. The molecule has 5 nitrogen and oxygen atoms in total. The van der Waals surface area contributed by atoms with E-state index < -0.39 is 11.8 Å². The van der Waals surface area contributed by atoms with Crippen LogP contribution in [-0.4, -0.2) is 35.6 Å². The number of aromatic nitrogens is 1. The zero-order chi connectivity index (χ0) is 15.8. The van der Waals surface area contributed by atoms with Gasteiger partial charge in [0.15, 0.2) is 0 Å². The zero-order valence-corrected chi connectivity index (χ0v) is 13.3. The second-order valence-corrected chi connectivity index (χ2v) is 5.94. The van der Waals surface area contributed by atoms with E-state index in [1.165, 1.54) is 0 Å². The fourth-order valence-electron chi connectivity index (χ4n) is 1.94. The molecular formula is C16H19N3O2S. The highest BCUT2D eigenvalue weighted by molar-refractivity contribution is 8.03. The largest absolute Gasteiger partial charge is 0.347 e. The summed E-state index contributed by atoms with van der Waals surface area (Å²) in [5.74, 6) is -0.305. The smallest absolute Gasteiger partial charge is 0.309 e. The standard InChI is InChI=1S/C16H19N3O2S/c1-12-5-4-10-22-14(12)11-19-16(21)15(20)18-9-7-13-6-2-3-8-17-13/h2-6,8H,7,9-11H2,1H3,(H,18,20)(H,19,21). The van der Waals surface area contributed by atoms with Crippen molar-refractivity contribution in [1.29, 1.82) is 0 Å². The molecule has 0 atom stereocenters. The molecule has 6 heteroatoms. The fourth-order valence-corrected chi connectivity index (χ4v) is 2.81. The number of rotatable bonds is 5. The topological polar surface area (TPSA) is 71.1 Å². The van der Waals surface area contributed by atoms with Gasteiger partial charge in [-0.05, 0) is 24.6 Å². The molecule has 2 amide bonds. The molecule has 0 saturated heterocycles. The molecule has 0 fully saturated rings. The van der Waals surface area contributed by atoms with Gasteiger partial charge in [-0.1, -0.05) is 18.2 Å². The highest BCUT2D eigenvalue weighted by Crippen LogP contribution is 2.24. The summed E-state index contributed by atoms with van der Waals surface area (Å²) in [5.41, 5.74) is 2.02. The summed E-state index contributed by atoms with van der Waals surface area (Å²) >= 11 is 1.68. The Bertz CT molecular complexity index is 597. The molecule has 0 unspecified atom stereocenters. The van der Waals surface area contributed by atoms with Crippen LogP contribution in [0.2, 0.25) is 0 Å². The van der Waals surface area contributed by atoms with Crippen LogP contribution in [0.3, 0.4) is 0 Å². The van der Waals surface area contributed by atoms with Gasteiger partial charge in [-0.3, -0.25) is 14.6 Å². The summed E-state index contributed by atoms with van der Waals surface area (Å²) < 4.78 is 0. The Morgan fingerprint density at radius 3 is 2.82 bits per heavy atom. The second-order valence-electron chi connectivity index (χ2n) is 4.83. The van der Waals surface area contributed by atoms with Crippen molar-refractivity contribution in [1.82, 2.24) is 15.6 Å². The maximum atomic E-state index is 11.7. The van der Waals surface area contributed by atoms with Crippen molar-refractivity contribution >= 4 is 23.6 Å². The van der Waals surface area contributed by atoms with Gasteiger partial charge in [0.05, 0.1) is 0 Å². The minimum absolute atomic E-state index is 0.391. The van der Waals surface area contributed by atoms with E-state index in [2.05, 4.69) is 21.7 Å². The lowest BCUT2D eigenvalue weighted by molar-refractivity contribution is -0.139. The highest BCUT2D eigenvalue weighted by Gasteiger charge is 2.14. The number of amides is 2. The molecule has 0 bridgehead atoms. The Labute approximate surface area is 134 Å². The van der Waals surface area contributed by atoms with Crippen LogP contribution in [-0.2, 0) is 16.0 Å². The number of allylic oxidation sites excluding steroid dienone is 2. The predicted octanol–water partition coefficient (Wildman–Crippen LogP) is 1.43. The molecule has 0 aliphatic carbocycles. The SMILES string of the molecule is CC1=C(CNC(=O)C(=O)NCCc2ccccn2)SCC=C1. The van der Waals surface area contributed by atoms with Crippen molar-refractivity contribution in [3.05, 3.63) is 52.7 Å². The van der Waals surface area contributed by atoms with Gasteiger partial charge in [0.2, 0.25) is 0 Å². The lowest BCUT2D eigenvalue weighted by Gasteiger charge is -2.13. The van der Waals surface area contributed by atoms with Gasteiger partial charge in [0, 0.05) is 42.1 Å². The Hall–Kier alpha value is -2.08. The summed E-state index contributed by atoms with van der Waals surface area (Å²) in [6.07, 6.45) is 6.42. The lowest BCUT2D eigenvalue weighted by Crippen LogP contribution is -2.41. The third kappa shape index (κ3) is 5.04. The van der Waals surface area contributed by atoms with Crippen molar-refractivity contribution in [3.63, 3.8) is 0 Å². The van der Waals surface area contributed by atoms with Gasteiger partial charge < -0.3 is 10.6 Å². The minimum Gasteiger partial charge on any atom is -0.347 e. The van der Waals surface area contributed by atoms with E-state index in [0.29, 0.717) is 19.5 Å². The molecule has 1 aliphatic heterocycles. The summed E-state index contributed by atoms with van der Waals surface area (Å²) in [4.78, 5) is 28.7. The van der Waals surface area contributed by atoms with Gasteiger partial charge in [-0.15, -0.1) is 11.8 Å². The van der Waals surface area contributed by atoms with E-state index >= 15 is 0 Å². The number of thioether (sulfide) groups is 1. The third-order valence-corrected chi connectivity index (χ3v) is 4.34. The Balaban J connectivity index is 1.71. The van der Waals surface area contributed by atoms with E-state index in [-0.39, 0.29) is 0 Å². The molecule has 22 heavy (non-hydrogen) atoms. The molecule has 2 rings (SSSR count). The fraction of sp³-hybridized carbons (Fsp3) is 0.312. The Kier molecular flexibility index (Phi) is 6.21. The molecule has 2 N–H and O–H groups in total. The molecule has 0 spiro atoms. The number of hydrogen-bond acceptors (Lipinski definition) is 4. The average Bonchev–Trinajstić information content (AvgIpc) is 2.54. The van der Waals surface area contributed by atoms with Crippen LogP contribution in [0.25, 0.3) is 0 Å². The van der Waals surface area contributed by atoms with E-state index in [4.69, 9.17) is 0 Å². The average molecular weight is 317 g/mol. The predicted molar refractivity (Wildman–Crippen MR) is 88.3 cm³/mol. The third-order valence-electron chi connectivity index (χ3n) is 3.17. The van der Waals surface area contributed by atoms with E-state index in [1.54, 1.807) is 18.0 Å². The van der Waals surface area contributed by atoms with E-state index in [9.17, 15) is 9.59 Å². The molecule has 2 heterocycles. The molecular weight excluding hydrogens is 298 g/mol. The number of nitrogens with one attached hydrogen (secondary N) is 2. The van der Waals surface area contributed by atoms with Gasteiger partial charge in [-0.2, -0.15) is 0 Å². The van der Waals surface area contributed by atoms with Crippen LogP contribution in [0.5, 0.6) is 0 Å². The molecule has 0 saturated carbocycles. The van der Waals surface area contributed by atoms with Crippen LogP contribution in [0.4, 0.5) is 0 Å². The van der Waals surface area contributed by atoms with Gasteiger partial charge in [0.1, 0.15) is 0 Å². The minimum atomic E-state index is -0.606. The molecule has 116 valence electrons. The van der Waals surface area contributed by atoms with Crippen molar-refractivity contribution in [2.75, 3.05) is 18.8 Å². The first-order valence-corrected chi connectivity index (χ1v) is 8.10. The number of hydrogen-bond donors (Lipinski definition) is 2. The van der Waals surface area contributed by atoms with Crippen molar-refractivity contribution in [2.24, 2.45) is 0 Å². The van der Waals surface area contributed by atoms with Gasteiger partial charge >= 0.3 is 11.8 Å². The molecule has 1 aromatic rings. The Morgan fingerprint density at radius 1 is 1.27 bits per heavy atom. The zero-order valence-electron chi connectivity index (χ0n) is 12.5. The number of pyridine rings is 1. The van der Waals surface area contributed by atoms with Crippen LogP contribution < -0.4 is 10.6 Å². The van der Waals surface area contributed by atoms with Crippen molar-refractivity contribution in [2.45, 2.75) is 13.3 Å². The van der Waals surface area contributed by atoms with Crippen molar-refractivity contribution in [3.8, 4) is 0 Å². The highest BCUT2D eigenvalue weighted by atomic mass is 32.2.